The highest BCUT2D eigenvalue weighted by Gasteiger charge is 2.27. The Morgan fingerprint density at radius 1 is 0.923 bits per heavy atom. The van der Waals surface area contributed by atoms with Crippen molar-refractivity contribution >= 4 is 21.6 Å². The van der Waals surface area contributed by atoms with Crippen LogP contribution in [-0.2, 0) is 24.3 Å². The Kier molecular flexibility index (Phi) is 9.89. The molecule has 0 aliphatic carbocycles. The van der Waals surface area contributed by atoms with E-state index in [0.717, 1.165) is 25.7 Å². The van der Waals surface area contributed by atoms with E-state index in [1.165, 1.54) is 33.5 Å². The van der Waals surface area contributed by atoms with Gasteiger partial charge in [-0.05, 0) is 67.6 Å². The Bertz CT molecular complexity index is 1190. The maximum Gasteiger partial charge on any atom is 0.247 e. The topological polar surface area (TPSA) is 133 Å². The van der Waals surface area contributed by atoms with Gasteiger partial charge in [0.05, 0.1) is 38.4 Å². The summed E-state index contributed by atoms with van der Waals surface area (Å²) in [5.74, 6) is 0.940. The number of hydrogen-bond donors (Lipinski definition) is 3. The second-order valence-electron chi connectivity index (χ2n) is 9.43. The van der Waals surface area contributed by atoms with Gasteiger partial charge < -0.3 is 34.3 Å². The molecule has 3 N–H and O–H groups in total. The summed E-state index contributed by atoms with van der Waals surface area (Å²) >= 11 is 0. The molecule has 0 saturated carbocycles. The van der Waals surface area contributed by atoms with Gasteiger partial charge >= 0.3 is 0 Å². The zero-order valence-corrected chi connectivity index (χ0v) is 23.3. The number of benzene rings is 2. The molecule has 2 saturated heterocycles. The van der Waals surface area contributed by atoms with E-state index in [4.69, 9.17) is 23.7 Å². The summed E-state index contributed by atoms with van der Waals surface area (Å²) in [5.41, 5.74) is 1.13. The van der Waals surface area contributed by atoms with Crippen LogP contribution in [0.15, 0.2) is 41.3 Å². The summed E-state index contributed by atoms with van der Waals surface area (Å²) in [7, 11) is 0.820. The Labute approximate surface area is 229 Å². The molecule has 2 heterocycles. The second-order valence-corrected chi connectivity index (χ2v) is 11.2. The van der Waals surface area contributed by atoms with E-state index in [1.807, 2.05) is 0 Å². The molecule has 0 bridgehead atoms. The van der Waals surface area contributed by atoms with Gasteiger partial charge in [-0.15, -0.1) is 0 Å². The van der Waals surface area contributed by atoms with Crippen molar-refractivity contribution in [1.82, 2.24) is 10.0 Å². The Morgan fingerprint density at radius 2 is 1.51 bits per heavy atom. The van der Waals surface area contributed by atoms with Gasteiger partial charge in [0, 0.05) is 32.0 Å². The summed E-state index contributed by atoms with van der Waals surface area (Å²) in [6.45, 7) is 1.96. The first-order valence-corrected chi connectivity index (χ1v) is 14.5. The predicted molar refractivity (Wildman–Crippen MR) is 145 cm³/mol. The van der Waals surface area contributed by atoms with Crippen molar-refractivity contribution in [2.75, 3.05) is 52.9 Å². The van der Waals surface area contributed by atoms with Gasteiger partial charge in [0.1, 0.15) is 6.04 Å². The number of anilines is 1. The molecule has 2 aromatic carbocycles. The van der Waals surface area contributed by atoms with Crippen molar-refractivity contribution in [2.24, 2.45) is 0 Å². The third-order valence-electron chi connectivity index (χ3n) is 6.81. The predicted octanol–water partition coefficient (Wildman–Crippen LogP) is 2.62. The molecule has 1 amide bonds. The average Bonchev–Trinajstić information content (AvgIpc) is 3.68. The van der Waals surface area contributed by atoms with Gasteiger partial charge in [-0.2, -0.15) is 0 Å². The normalized spacial score (nSPS) is 19.9. The number of hydrogen-bond acceptors (Lipinski definition) is 9. The van der Waals surface area contributed by atoms with E-state index in [0.29, 0.717) is 48.3 Å². The highest BCUT2D eigenvalue weighted by molar-refractivity contribution is 7.89. The Balaban J connectivity index is 1.55. The van der Waals surface area contributed by atoms with Crippen LogP contribution < -0.4 is 29.6 Å². The maximum atomic E-state index is 13.4. The van der Waals surface area contributed by atoms with Gasteiger partial charge in [-0.1, -0.05) is 0 Å². The number of rotatable bonds is 13. The molecule has 2 aromatic rings. The minimum absolute atomic E-state index is 0.0267. The molecule has 0 aromatic heterocycles. The first kappa shape index (κ1) is 28.9. The molecule has 2 aliphatic heterocycles. The lowest BCUT2D eigenvalue weighted by atomic mass is 10.0. The monoisotopic (exact) mass is 563 g/mol. The van der Waals surface area contributed by atoms with Crippen molar-refractivity contribution in [3.05, 3.63) is 42.0 Å². The van der Waals surface area contributed by atoms with E-state index in [2.05, 4.69) is 15.4 Å². The molecule has 2 fully saturated rings. The molecular formula is C27H37N3O8S. The molecule has 39 heavy (non-hydrogen) atoms. The smallest absolute Gasteiger partial charge is 0.247 e. The zero-order chi connectivity index (χ0) is 27.8. The fraction of sp³-hybridized carbons (Fsp3) is 0.519. The first-order valence-electron chi connectivity index (χ1n) is 13.0. The van der Waals surface area contributed by atoms with Gasteiger partial charge in [-0.3, -0.25) is 4.79 Å². The lowest BCUT2D eigenvalue weighted by Crippen LogP contribution is -2.38. The third kappa shape index (κ3) is 7.33. The minimum Gasteiger partial charge on any atom is -0.493 e. The molecule has 4 rings (SSSR count). The van der Waals surface area contributed by atoms with Gasteiger partial charge in [-0.25, -0.2) is 13.1 Å². The fourth-order valence-corrected chi connectivity index (χ4v) is 5.74. The van der Waals surface area contributed by atoms with E-state index in [9.17, 15) is 13.2 Å². The van der Waals surface area contributed by atoms with Crippen LogP contribution in [0.3, 0.4) is 0 Å². The molecule has 0 unspecified atom stereocenters. The molecule has 0 spiro atoms. The second kappa shape index (κ2) is 13.3. The Hall–Kier alpha value is -3.06. The van der Waals surface area contributed by atoms with Gasteiger partial charge in [0.25, 0.3) is 0 Å². The number of ether oxygens (including phenoxy) is 5. The highest BCUT2D eigenvalue weighted by Crippen LogP contribution is 2.40. The highest BCUT2D eigenvalue weighted by atomic mass is 32.2. The molecule has 214 valence electrons. The largest absolute Gasteiger partial charge is 0.493 e. The third-order valence-corrected chi connectivity index (χ3v) is 8.25. The maximum absolute atomic E-state index is 13.4. The van der Waals surface area contributed by atoms with E-state index < -0.39 is 16.1 Å². The van der Waals surface area contributed by atoms with Crippen LogP contribution in [-0.4, -0.2) is 74.2 Å². The fourth-order valence-electron chi connectivity index (χ4n) is 4.68. The zero-order valence-electron chi connectivity index (χ0n) is 22.5. The van der Waals surface area contributed by atoms with Crippen molar-refractivity contribution in [3.8, 4) is 17.2 Å². The van der Waals surface area contributed by atoms with Crippen LogP contribution in [0.2, 0.25) is 0 Å². The number of carbonyl (C=O) groups is 1. The van der Waals surface area contributed by atoms with E-state index in [1.54, 1.807) is 24.3 Å². The van der Waals surface area contributed by atoms with Crippen molar-refractivity contribution in [1.29, 1.82) is 0 Å². The van der Waals surface area contributed by atoms with Gasteiger partial charge in [0.15, 0.2) is 11.5 Å². The van der Waals surface area contributed by atoms with Crippen LogP contribution in [0.1, 0.15) is 37.3 Å². The first-order chi connectivity index (χ1) is 18.8. The number of methoxy groups -OCH3 is 3. The standard InChI is InChI=1S/C27H37N3O8S/c1-34-23-14-18(15-24(35-2)26(23)36-3)25(27(31)28-16-20-6-4-12-37-20)30-19-8-10-22(11-9-19)39(32,33)29-17-21-7-5-13-38-21/h8-11,14-15,20-21,25,29-30H,4-7,12-13,16-17H2,1-3H3,(H,28,31)/t20-,21-,25-/m0/s1. The van der Waals surface area contributed by atoms with Gasteiger partial charge in [0.2, 0.25) is 21.7 Å². The van der Waals surface area contributed by atoms with E-state index in [-0.39, 0.29) is 29.6 Å². The molecule has 2 aliphatic rings. The van der Waals surface area contributed by atoms with Crippen molar-refractivity contribution in [3.63, 3.8) is 0 Å². The quantitative estimate of drug-likeness (QED) is 0.336. The number of carbonyl (C=O) groups excluding carboxylic acids is 1. The summed E-state index contributed by atoms with van der Waals surface area (Å²) in [4.78, 5) is 13.6. The molecule has 11 nitrogen and oxygen atoms in total. The minimum atomic E-state index is -3.70. The van der Waals surface area contributed by atoms with Crippen molar-refractivity contribution < 1.29 is 36.9 Å². The molecular weight excluding hydrogens is 526 g/mol. The van der Waals surface area contributed by atoms with Crippen LogP contribution in [0.5, 0.6) is 17.2 Å². The van der Waals surface area contributed by atoms with Crippen molar-refractivity contribution in [2.45, 2.75) is 48.8 Å². The Morgan fingerprint density at radius 3 is 2.03 bits per heavy atom. The average molecular weight is 564 g/mol. The summed E-state index contributed by atoms with van der Waals surface area (Å²) < 4.78 is 55.7. The van der Waals surface area contributed by atoms with Crippen LogP contribution in [0.25, 0.3) is 0 Å². The van der Waals surface area contributed by atoms with Crippen LogP contribution in [0.4, 0.5) is 5.69 Å². The van der Waals surface area contributed by atoms with Crippen LogP contribution in [0, 0.1) is 0 Å². The lowest BCUT2D eigenvalue weighted by Gasteiger charge is -2.23. The number of sulfonamides is 1. The SMILES string of the molecule is COc1cc([C@H](Nc2ccc(S(=O)(=O)NC[C@@H]3CCCO3)cc2)C(=O)NC[C@@H]2CCCO2)cc(OC)c1OC. The molecule has 12 heteroatoms. The summed E-state index contributed by atoms with van der Waals surface area (Å²) in [6, 6.07) is 8.81. The number of nitrogens with one attached hydrogen (secondary N) is 3. The van der Waals surface area contributed by atoms with E-state index >= 15 is 0 Å². The summed E-state index contributed by atoms with van der Waals surface area (Å²) in [5, 5.41) is 6.19. The summed E-state index contributed by atoms with van der Waals surface area (Å²) in [6.07, 6.45) is 3.49. The molecule has 3 atom stereocenters. The lowest BCUT2D eigenvalue weighted by molar-refractivity contribution is -0.122. The van der Waals surface area contributed by atoms with Crippen LogP contribution >= 0.6 is 0 Å². The molecule has 0 radical (unpaired) electrons. The number of amides is 1.